The highest BCUT2D eigenvalue weighted by Crippen LogP contribution is 2.52. The number of hydrogen-bond donors (Lipinski definition) is 0. The van der Waals surface area contributed by atoms with Crippen LogP contribution >= 0.6 is 7.26 Å². The Labute approximate surface area is 158 Å². The van der Waals surface area contributed by atoms with Gasteiger partial charge in [0, 0.05) is 6.42 Å². The lowest BCUT2D eigenvalue weighted by atomic mass is 10.2. The van der Waals surface area contributed by atoms with Crippen LogP contribution in [-0.2, 0) is 0 Å². The van der Waals surface area contributed by atoms with Crippen LogP contribution in [0, 0.1) is 11.8 Å². The van der Waals surface area contributed by atoms with Crippen LogP contribution in [0.2, 0.25) is 0 Å². The number of rotatable bonds is 5. The van der Waals surface area contributed by atoms with Gasteiger partial charge in [0.2, 0.25) is 0 Å². The summed E-state index contributed by atoms with van der Waals surface area (Å²) in [6.07, 6.45) is 3.32. The molecule has 0 unspecified atom stereocenters. The van der Waals surface area contributed by atoms with Crippen LogP contribution in [-0.4, -0.2) is 6.66 Å². The van der Waals surface area contributed by atoms with Gasteiger partial charge in [-0.2, -0.15) is 0 Å². The minimum atomic E-state index is -1.72. The summed E-state index contributed by atoms with van der Waals surface area (Å²) in [5, 5.41) is 4.17. The molecule has 0 amide bonds. The van der Waals surface area contributed by atoms with Gasteiger partial charge >= 0.3 is 0 Å². The van der Waals surface area contributed by atoms with Gasteiger partial charge in [-0.05, 0) is 42.8 Å². The third-order valence-electron chi connectivity index (χ3n) is 4.81. The fraction of sp³-hybridized carbons (Fsp3) is 0.200. The van der Waals surface area contributed by atoms with Crippen LogP contribution < -0.4 is 15.9 Å². The Bertz CT molecular complexity index is 846. The van der Waals surface area contributed by atoms with Crippen molar-refractivity contribution < 1.29 is 0 Å². The van der Waals surface area contributed by atoms with Crippen LogP contribution in [0.3, 0.4) is 0 Å². The van der Waals surface area contributed by atoms with E-state index in [0.717, 1.165) is 6.42 Å². The third-order valence-corrected chi connectivity index (χ3v) is 8.82. The van der Waals surface area contributed by atoms with Crippen LogP contribution in [0.15, 0.2) is 84.9 Å². The van der Waals surface area contributed by atoms with Gasteiger partial charge < -0.3 is 0 Å². The zero-order chi connectivity index (χ0) is 18.2. The molecule has 0 bridgehead atoms. The van der Waals surface area contributed by atoms with Crippen molar-refractivity contribution in [2.24, 2.45) is 0 Å². The molecule has 0 atom stereocenters. The lowest BCUT2D eigenvalue weighted by molar-refractivity contribution is 0.828. The minimum absolute atomic E-state index is 0.969. The monoisotopic (exact) mass is 357 g/mol. The van der Waals surface area contributed by atoms with Gasteiger partial charge in [-0.25, -0.2) is 0 Å². The van der Waals surface area contributed by atoms with Crippen LogP contribution in [0.25, 0.3) is 0 Å². The highest BCUT2D eigenvalue weighted by atomic mass is 31.2. The van der Waals surface area contributed by atoms with Gasteiger partial charge in [-0.3, -0.25) is 0 Å². The van der Waals surface area contributed by atoms with Crippen molar-refractivity contribution in [1.29, 1.82) is 0 Å². The molecule has 0 aliphatic rings. The highest BCUT2D eigenvalue weighted by molar-refractivity contribution is 7.95. The largest absolute Gasteiger partial charge is 0.120 e. The molecule has 0 N–H and O–H groups in total. The van der Waals surface area contributed by atoms with Gasteiger partial charge in [0.05, 0.1) is 12.2 Å². The standard InChI is InChI=1S/C25H26P/c1-3-4-5-8-15-22-16-13-14-21-25(22)26(2,23-17-9-6-10-18-23)24-19-11-7-12-20-24/h6-7,9-14,16-21H,3-5H2,1-2H3/q+1. The zero-order valence-corrected chi connectivity index (χ0v) is 16.5. The Hall–Kier alpha value is -2.35. The zero-order valence-electron chi connectivity index (χ0n) is 15.7. The first-order valence-electron chi connectivity index (χ1n) is 9.33. The van der Waals surface area contributed by atoms with Gasteiger partial charge in [-0.15, -0.1) is 0 Å². The molecule has 0 radical (unpaired) electrons. The van der Waals surface area contributed by atoms with Crippen molar-refractivity contribution in [1.82, 2.24) is 0 Å². The first kappa shape index (κ1) is 18.4. The Kier molecular flexibility index (Phi) is 6.27. The molecule has 1 heteroatoms. The Morgan fingerprint density at radius 1 is 0.731 bits per heavy atom. The van der Waals surface area contributed by atoms with E-state index in [9.17, 15) is 0 Å². The first-order chi connectivity index (χ1) is 12.8. The third kappa shape index (κ3) is 3.90. The Morgan fingerprint density at radius 3 is 1.85 bits per heavy atom. The predicted molar refractivity (Wildman–Crippen MR) is 117 cm³/mol. The summed E-state index contributed by atoms with van der Waals surface area (Å²) in [5.41, 5.74) is 1.17. The molecule has 0 fully saturated rings. The summed E-state index contributed by atoms with van der Waals surface area (Å²) >= 11 is 0. The van der Waals surface area contributed by atoms with Gasteiger partial charge in [-0.1, -0.05) is 73.7 Å². The van der Waals surface area contributed by atoms with Crippen LogP contribution in [0.4, 0.5) is 0 Å². The Morgan fingerprint density at radius 2 is 1.27 bits per heavy atom. The molecule has 0 heterocycles. The number of benzene rings is 3. The maximum Gasteiger partial charge on any atom is 0.120 e. The fourth-order valence-electron chi connectivity index (χ4n) is 3.27. The van der Waals surface area contributed by atoms with E-state index in [1.807, 2.05) is 0 Å². The normalized spacial score (nSPS) is 10.8. The molecule has 0 spiro atoms. The molecule has 0 nitrogen and oxygen atoms in total. The lowest BCUT2D eigenvalue weighted by Gasteiger charge is -2.24. The van der Waals surface area contributed by atoms with E-state index in [1.165, 1.54) is 34.3 Å². The number of unbranched alkanes of at least 4 members (excludes halogenated alkanes) is 2. The second kappa shape index (κ2) is 8.84. The van der Waals surface area contributed by atoms with E-state index >= 15 is 0 Å². The summed E-state index contributed by atoms with van der Waals surface area (Å²) in [6.45, 7) is 4.63. The smallest absolute Gasteiger partial charge is 0.0977 e. The molecule has 0 saturated carbocycles. The van der Waals surface area contributed by atoms with Crippen molar-refractivity contribution in [2.45, 2.75) is 26.2 Å². The van der Waals surface area contributed by atoms with E-state index in [2.05, 4.69) is 110 Å². The predicted octanol–water partition coefficient (Wildman–Crippen LogP) is 5.15. The van der Waals surface area contributed by atoms with E-state index in [-0.39, 0.29) is 0 Å². The quantitative estimate of drug-likeness (QED) is 0.336. The van der Waals surface area contributed by atoms with Crippen molar-refractivity contribution in [3.63, 3.8) is 0 Å². The van der Waals surface area contributed by atoms with Crippen molar-refractivity contribution in [2.75, 3.05) is 6.66 Å². The van der Waals surface area contributed by atoms with Crippen molar-refractivity contribution >= 4 is 23.2 Å². The molecule has 3 aromatic rings. The van der Waals surface area contributed by atoms with E-state index in [1.54, 1.807) is 0 Å². The average Bonchev–Trinajstić information content (AvgIpc) is 2.72. The second-order valence-electron chi connectivity index (χ2n) is 6.60. The minimum Gasteiger partial charge on any atom is -0.0977 e. The molecule has 0 saturated heterocycles. The van der Waals surface area contributed by atoms with Gasteiger partial charge in [0.25, 0.3) is 0 Å². The van der Waals surface area contributed by atoms with E-state index in [4.69, 9.17) is 0 Å². The highest BCUT2D eigenvalue weighted by Gasteiger charge is 2.41. The SMILES string of the molecule is CCCCC#Cc1ccccc1[P+](C)(c1ccccc1)c1ccccc1. The average molecular weight is 357 g/mol. The molecule has 26 heavy (non-hydrogen) atoms. The molecule has 130 valence electrons. The summed E-state index contributed by atoms with van der Waals surface area (Å²) in [5.74, 6) is 6.86. The summed E-state index contributed by atoms with van der Waals surface area (Å²) in [6, 6.07) is 30.5. The van der Waals surface area contributed by atoms with E-state index < -0.39 is 7.26 Å². The van der Waals surface area contributed by atoms with Gasteiger partial charge in [0.1, 0.15) is 23.2 Å². The lowest BCUT2D eigenvalue weighted by Crippen LogP contribution is -2.31. The van der Waals surface area contributed by atoms with Crippen molar-refractivity contribution in [3.05, 3.63) is 90.5 Å². The molecule has 3 aromatic carbocycles. The maximum atomic E-state index is 3.47. The van der Waals surface area contributed by atoms with Crippen LogP contribution in [0.5, 0.6) is 0 Å². The van der Waals surface area contributed by atoms with E-state index in [0.29, 0.717) is 0 Å². The van der Waals surface area contributed by atoms with Crippen molar-refractivity contribution in [3.8, 4) is 11.8 Å². The molecule has 0 aromatic heterocycles. The number of hydrogen-bond acceptors (Lipinski definition) is 0. The van der Waals surface area contributed by atoms with Crippen LogP contribution in [0.1, 0.15) is 31.7 Å². The summed E-state index contributed by atoms with van der Waals surface area (Å²) in [7, 11) is -1.72. The summed E-state index contributed by atoms with van der Waals surface area (Å²) < 4.78 is 0. The molecular formula is C25H26P+. The fourth-order valence-corrected chi connectivity index (χ4v) is 6.66. The topological polar surface area (TPSA) is 0 Å². The molecule has 0 aliphatic heterocycles. The molecule has 0 aliphatic carbocycles. The molecule has 3 rings (SSSR count). The first-order valence-corrected chi connectivity index (χ1v) is 11.6. The summed E-state index contributed by atoms with van der Waals surface area (Å²) in [4.78, 5) is 0. The van der Waals surface area contributed by atoms with Gasteiger partial charge in [0.15, 0.2) is 0 Å². The Balaban J connectivity index is 2.17. The second-order valence-corrected chi connectivity index (χ2v) is 10.1. The maximum absolute atomic E-state index is 3.47. The molecular weight excluding hydrogens is 331 g/mol.